The second-order valence-corrected chi connectivity index (χ2v) is 14.0. The normalized spacial score (nSPS) is 11.2. The second kappa shape index (κ2) is 20.7. The van der Waals surface area contributed by atoms with Crippen LogP contribution in [0.25, 0.3) is 0 Å². The first kappa shape index (κ1) is 42.3. The minimum atomic E-state index is -4.76. The van der Waals surface area contributed by atoms with Gasteiger partial charge in [0, 0.05) is 11.0 Å². The van der Waals surface area contributed by atoms with E-state index in [2.05, 4.69) is 13.8 Å². The maximum absolute atomic E-state index is 11.6. The first-order valence-electron chi connectivity index (χ1n) is 15.9. The number of phenolic OH excluding ortho intramolecular Hbond substituents is 1. The van der Waals surface area contributed by atoms with E-state index in [-0.39, 0.29) is 49.2 Å². The van der Waals surface area contributed by atoms with Crippen molar-refractivity contribution in [2.75, 3.05) is 0 Å². The van der Waals surface area contributed by atoms with Crippen LogP contribution in [0.3, 0.4) is 0 Å². The van der Waals surface area contributed by atoms with Crippen molar-refractivity contribution in [1.82, 2.24) is 0 Å². The molecular weight excluding hydrogens is 697 g/mol. The molecular formula is C36H42CaO10S2. The Morgan fingerprint density at radius 1 is 0.592 bits per heavy atom. The van der Waals surface area contributed by atoms with Gasteiger partial charge in [-0.25, -0.2) is 8.42 Å². The molecule has 0 saturated heterocycles. The molecule has 49 heavy (non-hydrogen) atoms. The van der Waals surface area contributed by atoms with Gasteiger partial charge in [0.15, 0.2) is 0 Å². The van der Waals surface area contributed by atoms with Gasteiger partial charge < -0.3 is 24.2 Å². The summed E-state index contributed by atoms with van der Waals surface area (Å²) >= 11 is 0. The van der Waals surface area contributed by atoms with Gasteiger partial charge in [0.2, 0.25) is 0 Å². The molecule has 0 aromatic heterocycles. The third kappa shape index (κ3) is 14.9. The fourth-order valence-corrected chi connectivity index (χ4v) is 5.87. The minimum Gasteiger partial charge on any atom is -0.872 e. The molecule has 4 aromatic carbocycles. The van der Waals surface area contributed by atoms with Crippen LogP contribution in [-0.4, -0.2) is 68.8 Å². The van der Waals surface area contributed by atoms with Crippen LogP contribution in [0, 0.1) is 0 Å². The van der Waals surface area contributed by atoms with Gasteiger partial charge in [0.1, 0.15) is 43.8 Å². The van der Waals surface area contributed by atoms with Crippen LogP contribution >= 0.6 is 0 Å². The van der Waals surface area contributed by atoms with Crippen LogP contribution in [-0.2, 0) is 33.1 Å². The molecule has 0 radical (unpaired) electrons. The molecule has 0 bridgehead atoms. The zero-order valence-corrected chi connectivity index (χ0v) is 31.7. The zero-order chi connectivity index (χ0) is 35.2. The van der Waals surface area contributed by atoms with Gasteiger partial charge in [0.05, 0.1) is 0 Å². The molecule has 0 atom stereocenters. The van der Waals surface area contributed by atoms with Gasteiger partial charge in [-0.3, -0.25) is 4.55 Å². The summed E-state index contributed by atoms with van der Waals surface area (Å²) in [5.41, 5.74) is 2.46. The molecule has 0 heterocycles. The summed E-state index contributed by atoms with van der Waals surface area (Å²) in [6.45, 7) is 4.37. The van der Waals surface area contributed by atoms with Crippen LogP contribution in [0.5, 0.6) is 34.5 Å². The number of rotatable bonds is 16. The van der Waals surface area contributed by atoms with Gasteiger partial charge in [0.25, 0.3) is 10.1 Å². The molecule has 0 saturated carbocycles. The maximum atomic E-state index is 11.6. The van der Waals surface area contributed by atoms with Gasteiger partial charge in [-0.05, 0) is 91.4 Å². The van der Waals surface area contributed by atoms with Crippen LogP contribution in [0.4, 0.5) is 0 Å². The number of hydrogen-bond donors (Lipinski definition) is 2. The summed E-state index contributed by atoms with van der Waals surface area (Å²) in [7, 11) is -9.21. The molecule has 0 spiro atoms. The van der Waals surface area contributed by atoms with E-state index in [1.807, 2.05) is 36.4 Å². The topological polar surface area (TPSA) is 173 Å². The molecule has 0 unspecified atom stereocenters. The Kier molecular flexibility index (Phi) is 17.9. The Bertz CT molecular complexity index is 1680. The number of ether oxygens (including phenoxy) is 2. The smallest absolute Gasteiger partial charge is 0.872 e. The van der Waals surface area contributed by atoms with Crippen molar-refractivity contribution in [1.29, 1.82) is 0 Å². The Labute approximate surface area is 319 Å². The van der Waals surface area contributed by atoms with Gasteiger partial charge in [-0.15, -0.1) is 0 Å². The molecule has 0 fully saturated rings. The second-order valence-electron chi connectivity index (χ2n) is 11.3. The summed E-state index contributed by atoms with van der Waals surface area (Å²) < 4.78 is 74.8. The van der Waals surface area contributed by atoms with Crippen molar-refractivity contribution >= 4 is 58.0 Å². The summed E-state index contributed by atoms with van der Waals surface area (Å²) in [4.78, 5) is -1.31. The third-order valence-corrected chi connectivity index (χ3v) is 9.13. The monoisotopic (exact) mass is 738 g/mol. The molecule has 10 nitrogen and oxygen atoms in total. The summed E-state index contributed by atoms with van der Waals surface area (Å²) in [6, 6.07) is 22.1. The largest absolute Gasteiger partial charge is 2.00 e. The van der Waals surface area contributed by atoms with Gasteiger partial charge in [-0.1, -0.05) is 82.4 Å². The Hall–Kier alpha value is -2.84. The maximum Gasteiger partial charge on any atom is 2.00 e. The van der Waals surface area contributed by atoms with Crippen molar-refractivity contribution in [3.63, 3.8) is 0 Å². The fraction of sp³-hybridized carbons (Fsp3) is 0.333. The van der Waals surface area contributed by atoms with Crippen molar-refractivity contribution in [3.05, 3.63) is 96.1 Å². The fourth-order valence-electron chi connectivity index (χ4n) is 4.77. The SMILES string of the molecule is CCCCCCc1ccc(Oc2ccc(S(=O)(=O)O)c(O)c2)cc1.CCCCCCc1ccc(Oc2ccc(S(=O)(=O)[O-])c([O-])c2)cc1.[Ca+2]. The standard InChI is InChI=1S/2C18H22O5S.Ca/c2*1-2-3-4-5-6-14-7-9-15(10-8-14)23-16-11-12-18(17(19)13-16)24(20,21)22;/h2*7-13,19H,2-6H2,1H3,(H,20,21,22);/q;;+2/p-2. The number of benzene rings is 4. The van der Waals surface area contributed by atoms with Crippen molar-refractivity contribution in [3.8, 4) is 34.5 Å². The quantitative estimate of drug-likeness (QED) is 0.0657. The Morgan fingerprint density at radius 3 is 1.37 bits per heavy atom. The molecule has 260 valence electrons. The van der Waals surface area contributed by atoms with E-state index >= 15 is 0 Å². The van der Waals surface area contributed by atoms with Crippen molar-refractivity contribution < 1.29 is 45.6 Å². The average molecular weight is 739 g/mol. The minimum absolute atomic E-state index is 0. The van der Waals surface area contributed by atoms with E-state index in [4.69, 9.17) is 14.0 Å². The van der Waals surface area contributed by atoms with E-state index in [1.165, 1.54) is 68.2 Å². The molecule has 0 amide bonds. The molecule has 0 aliphatic heterocycles. The van der Waals surface area contributed by atoms with E-state index < -0.39 is 41.5 Å². The Balaban J connectivity index is 0.000000333. The van der Waals surface area contributed by atoms with Gasteiger partial charge in [-0.2, -0.15) is 8.42 Å². The van der Waals surface area contributed by atoms with E-state index in [0.29, 0.717) is 11.5 Å². The number of unbranched alkanes of at least 4 members (excludes halogenated alkanes) is 6. The van der Waals surface area contributed by atoms with E-state index in [0.717, 1.165) is 43.5 Å². The van der Waals surface area contributed by atoms with Crippen LogP contribution in [0.15, 0.2) is 94.7 Å². The van der Waals surface area contributed by atoms with Crippen molar-refractivity contribution in [2.24, 2.45) is 0 Å². The van der Waals surface area contributed by atoms with Crippen LogP contribution in [0.1, 0.15) is 76.3 Å². The number of hydrogen-bond acceptors (Lipinski definition) is 9. The molecule has 13 heteroatoms. The average Bonchev–Trinajstić information content (AvgIpc) is 3.02. The number of aromatic hydroxyl groups is 1. The van der Waals surface area contributed by atoms with E-state index in [1.54, 1.807) is 12.1 Å². The molecule has 0 aliphatic rings. The number of aryl methyl sites for hydroxylation is 2. The molecule has 4 rings (SSSR count). The zero-order valence-electron chi connectivity index (χ0n) is 27.8. The Morgan fingerprint density at radius 2 is 1.00 bits per heavy atom. The van der Waals surface area contributed by atoms with Crippen LogP contribution in [0.2, 0.25) is 0 Å². The predicted molar refractivity (Wildman–Crippen MR) is 186 cm³/mol. The van der Waals surface area contributed by atoms with Crippen molar-refractivity contribution in [2.45, 2.75) is 87.8 Å². The summed E-state index contributed by atoms with van der Waals surface area (Å²) in [5, 5.41) is 21.3. The van der Waals surface area contributed by atoms with Crippen LogP contribution < -0.4 is 14.6 Å². The summed E-state index contributed by atoms with van der Waals surface area (Å²) in [5.74, 6) is 0.201. The van der Waals surface area contributed by atoms with E-state index in [9.17, 15) is 31.6 Å². The number of phenols is 1. The summed E-state index contributed by atoms with van der Waals surface area (Å²) in [6.07, 6.45) is 11.7. The predicted octanol–water partition coefficient (Wildman–Crippen LogP) is 7.75. The van der Waals surface area contributed by atoms with Gasteiger partial charge >= 0.3 is 37.7 Å². The molecule has 2 N–H and O–H groups in total. The molecule has 0 aliphatic carbocycles. The third-order valence-electron chi connectivity index (χ3n) is 7.35. The molecule has 4 aromatic rings. The first-order valence-corrected chi connectivity index (χ1v) is 18.8. The first-order chi connectivity index (χ1) is 22.8.